The molecule has 0 aliphatic rings. The Morgan fingerprint density at radius 3 is 2.65 bits per heavy atom. The van der Waals surface area contributed by atoms with E-state index in [9.17, 15) is 4.21 Å². The Bertz CT molecular complexity index is 590. The molecule has 2 aromatic rings. The highest BCUT2D eigenvalue weighted by molar-refractivity contribution is 7.84. The van der Waals surface area contributed by atoms with Gasteiger partial charge in [-0.05, 0) is 37.6 Å². The van der Waals surface area contributed by atoms with Crippen molar-refractivity contribution in [3.8, 4) is 0 Å². The summed E-state index contributed by atoms with van der Waals surface area (Å²) in [7, 11) is -1.06. The first-order chi connectivity index (χ1) is 9.61. The molecule has 0 aliphatic heterocycles. The molecule has 0 radical (unpaired) electrons. The van der Waals surface area contributed by atoms with E-state index in [0.29, 0.717) is 11.4 Å². The topological polar surface area (TPSA) is 60.9 Å². The maximum atomic E-state index is 12.4. The van der Waals surface area contributed by atoms with Crippen molar-refractivity contribution in [2.45, 2.75) is 43.9 Å². The van der Waals surface area contributed by atoms with Crippen LogP contribution in [0.4, 0.5) is 5.69 Å². The van der Waals surface area contributed by atoms with Gasteiger partial charge in [0.2, 0.25) is 0 Å². The third-order valence-electron chi connectivity index (χ3n) is 3.32. The fourth-order valence-corrected chi connectivity index (χ4v) is 3.27. The second-order valence-electron chi connectivity index (χ2n) is 4.88. The lowest BCUT2D eigenvalue weighted by Crippen LogP contribution is -2.06. The largest absolute Gasteiger partial charge is 0.399 e. The van der Waals surface area contributed by atoms with E-state index in [4.69, 9.17) is 5.73 Å². The monoisotopic (exact) mass is 291 g/mol. The molecule has 0 aliphatic carbocycles. The third-order valence-corrected chi connectivity index (χ3v) is 4.65. The van der Waals surface area contributed by atoms with Gasteiger partial charge in [-0.15, -0.1) is 0 Å². The summed E-state index contributed by atoms with van der Waals surface area (Å²) in [5.74, 6) is 0.499. The lowest BCUT2D eigenvalue weighted by molar-refractivity contribution is 0.614. The van der Waals surface area contributed by atoms with Crippen molar-refractivity contribution in [3.63, 3.8) is 0 Å². The maximum absolute atomic E-state index is 12.4. The zero-order chi connectivity index (χ0) is 14.5. The van der Waals surface area contributed by atoms with Crippen molar-refractivity contribution in [1.29, 1.82) is 0 Å². The van der Waals surface area contributed by atoms with Crippen LogP contribution in [0.25, 0.3) is 0 Å². The molecule has 1 unspecified atom stereocenters. The van der Waals surface area contributed by atoms with Gasteiger partial charge >= 0.3 is 0 Å². The number of imidazole rings is 1. The van der Waals surface area contributed by atoms with Crippen LogP contribution in [0.2, 0.25) is 0 Å². The summed E-state index contributed by atoms with van der Waals surface area (Å²) in [5, 5.41) is 0. The molecule has 1 heterocycles. The van der Waals surface area contributed by atoms with Gasteiger partial charge in [0, 0.05) is 17.1 Å². The Labute approximate surface area is 122 Å². The highest BCUT2D eigenvalue weighted by Gasteiger charge is 2.12. The van der Waals surface area contributed by atoms with Gasteiger partial charge in [0.25, 0.3) is 0 Å². The SMILES string of the molecule is CCCCn1cnc(C)c1CS(=O)c1ccc(N)cc1. The first-order valence-electron chi connectivity index (χ1n) is 6.86. The van der Waals surface area contributed by atoms with Crippen molar-refractivity contribution < 1.29 is 4.21 Å². The van der Waals surface area contributed by atoms with Crippen LogP contribution in [0, 0.1) is 6.92 Å². The number of aryl methyl sites for hydroxylation is 2. The van der Waals surface area contributed by atoms with Gasteiger partial charge in [-0.1, -0.05) is 13.3 Å². The Kier molecular flexibility index (Phi) is 4.95. The molecule has 0 amide bonds. The molecule has 2 rings (SSSR count). The standard InChI is InChI=1S/C15H21N3OS/c1-3-4-9-18-11-17-12(2)15(18)10-20(19)14-7-5-13(16)6-8-14/h5-8,11H,3-4,9-10,16H2,1-2H3. The summed E-state index contributed by atoms with van der Waals surface area (Å²) in [6.07, 6.45) is 4.09. The number of hydrogen-bond donors (Lipinski definition) is 1. The average molecular weight is 291 g/mol. The second kappa shape index (κ2) is 6.70. The molecular weight excluding hydrogens is 270 g/mol. The molecule has 2 N–H and O–H groups in total. The number of unbranched alkanes of at least 4 members (excludes halogenated alkanes) is 1. The van der Waals surface area contributed by atoms with Gasteiger partial charge < -0.3 is 10.3 Å². The van der Waals surface area contributed by atoms with Crippen LogP contribution in [0.3, 0.4) is 0 Å². The molecule has 1 aromatic carbocycles. The van der Waals surface area contributed by atoms with Gasteiger partial charge in [0.1, 0.15) is 0 Å². The van der Waals surface area contributed by atoms with Crippen LogP contribution in [-0.2, 0) is 23.1 Å². The number of anilines is 1. The van der Waals surface area contributed by atoms with Gasteiger partial charge in [-0.3, -0.25) is 4.21 Å². The lowest BCUT2D eigenvalue weighted by Gasteiger charge is -2.09. The van der Waals surface area contributed by atoms with E-state index in [-0.39, 0.29) is 0 Å². The van der Waals surface area contributed by atoms with Crippen molar-refractivity contribution in [1.82, 2.24) is 9.55 Å². The highest BCUT2D eigenvalue weighted by Crippen LogP contribution is 2.17. The van der Waals surface area contributed by atoms with Crippen LogP contribution < -0.4 is 5.73 Å². The van der Waals surface area contributed by atoms with Crippen LogP contribution in [0.5, 0.6) is 0 Å². The summed E-state index contributed by atoms with van der Waals surface area (Å²) in [5.41, 5.74) is 8.37. The highest BCUT2D eigenvalue weighted by atomic mass is 32.2. The first kappa shape index (κ1) is 14.8. The number of aromatic nitrogens is 2. The van der Waals surface area contributed by atoms with E-state index in [0.717, 1.165) is 35.7 Å². The van der Waals surface area contributed by atoms with Gasteiger partial charge in [-0.25, -0.2) is 4.98 Å². The summed E-state index contributed by atoms with van der Waals surface area (Å²) >= 11 is 0. The van der Waals surface area contributed by atoms with E-state index in [1.807, 2.05) is 25.4 Å². The number of rotatable bonds is 6. The minimum Gasteiger partial charge on any atom is -0.399 e. The predicted molar refractivity (Wildman–Crippen MR) is 82.8 cm³/mol. The molecule has 0 spiro atoms. The molecule has 1 atom stereocenters. The summed E-state index contributed by atoms with van der Waals surface area (Å²) in [6.45, 7) is 5.07. The number of nitrogens with zero attached hydrogens (tertiary/aromatic N) is 2. The van der Waals surface area contributed by atoms with E-state index in [1.165, 1.54) is 0 Å². The van der Waals surface area contributed by atoms with E-state index in [1.54, 1.807) is 12.1 Å². The average Bonchev–Trinajstić information content (AvgIpc) is 2.78. The normalized spacial score (nSPS) is 12.5. The minimum atomic E-state index is -1.06. The Morgan fingerprint density at radius 1 is 1.30 bits per heavy atom. The number of hydrogen-bond acceptors (Lipinski definition) is 3. The number of benzene rings is 1. The molecule has 0 bridgehead atoms. The second-order valence-corrected chi connectivity index (χ2v) is 6.33. The van der Waals surface area contributed by atoms with Gasteiger partial charge in [0.15, 0.2) is 0 Å². The van der Waals surface area contributed by atoms with Crippen LogP contribution in [0.15, 0.2) is 35.5 Å². The zero-order valence-corrected chi connectivity index (χ0v) is 12.8. The van der Waals surface area contributed by atoms with Crippen molar-refractivity contribution >= 4 is 16.5 Å². The van der Waals surface area contributed by atoms with Gasteiger partial charge in [0.05, 0.1) is 34.3 Å². The zero-order valence-electron chi connectivity index (χ0n) is 12.0. The smallest absolute Gasteiger partial charge is 0.0951 e. The Morgan fingerprint density at radius 2 is 2.00 bits per heavy atom. The summed E-state index contributed by atoms with van der Waals surface area (Å²) in [6, 6.07) is 7.23. The molecule has 0 fully saturated rings. The van der Waals surface area contributed by atoms with Crippen LogP contribution in [0.1, 0.15) is 31.2 Å². The first-order valence-corrected chi connectivity index (χ1v) is 8.18. The van der Waals surface area contributed by atoms with Crippen LogP contribution in [-0.4, -0.2) is 13.8 Å². The molecular formula is C15H21N3OS. The fourth-order valence-electron chi connectivity index (χ4n) is 2.04. The molecule has 20 heavy (non-hydrogen) atoms. The molecule has 5 heteroatoms. The molecule has 0 saturated heterocycles. The Balaban J connectivity index is 2.14. The molecule has 0 saturated carbocycles. The fraction of sp³-hybridized carbons (Fsp3) is 0.400. The molecule has 4 nitrogen and oxygen atoms in total. The summed E-state index contributed by atoms with van der Waals surface area (Å²) in [4.78, 5) is 5.15. The molecule has 1 aromatic heterocycles. The quantitative estimate of drug-likeness (QED) is 0.832. The minimum absolute atomic E-state index is 0.499. The number of nitrogens with two attached hydrogens (primary N) is 1. The summed E-state index contributed by atoms with van der Waals surface area (Å²) < 4.78 is 14.5. The predicted octanol–water partition coefficient (Wildman–Crippen LogP) is 2.88. The van der Waals surface area contributed by atoms with E-state index >= 15 is 0 Å². The van der Waals surface area contributed by atoms with Crippen molar-refractivity contribution in [2.24, 2.45) is 0 Å². The van der Waals surface area contributed by atoms with Crippen molar-refractivity contribution in [2.75, 3.05) is 5.73 Å². The van der Waals surface area contributed by atoms with Crippen LogP contribution >= 0.6 is 0 Å². The lowest BCUT2D eigenvalue weighted by atomic mass is 10.3. The Hall–Kier alpha value is -1.62. The third kappa shape index (κ3) is 3.48. The number of nitrogen functional groups attached to an aromatic ring is 1. The van der Waals surface area contributed by atoms with E-state index < -0.39 is 10.8 Å². The van der Waals surface area contributed by atoms with Gasteiger partial charge in [-0.2, -0.15) is 0 Å². The van der Waals surface area contributed by atoms with Crippen molar-refractivity contribution in [3.05, 3.63) is 42.0 Å². The maximum Gasteiger partial charge on any atom is 0.0951 e. The molecule has 108 valence electrons. The van der Waals surface area contributed by atoms with E-state index in [2.05, 4.69) is 16.5 Å².